The first-order valence-corrected chi connectivity index (χ1v) is 11.6. The summed E-state index contributed by atoms with van der Waals surface area (Å²) >= 11 is 0. The maximum atomic E-state index is 6.09. The number of benzene rings is 1. The molecule has 1 saturated heterocycles. The van der Waals surface area contributed by atoms with Crippen LogP contribution in [0.1, 0.15) is 36.5 Å². The number of aliphatic imine (C=N–C) groups is 1. The van der Waals surface area contributed by atoms with Gasteiger partial charge in [-0.2, -0.15) is 0 Å². The number of nitrogens with one attached hydrogen (secondary N) is 2. The molecule has 172 valence electrons. The summed E-state index contributed by atoms with van der Waals surface area (Å²) in [6.07, 6.45) is 4.68. The van der Waals surface area contributed by atoms with Crippen LogP contribution in [0, 0.1) is 12.8 Å². The molecule has 4 rings (SSSR count). The van der Waals surface area contributed by atoms with Crippen molar-refractivity contribution in [2.75, 3.05) is 38.3 Å². The molecule has 7 nitrogen and oxygen atoms in total. The van der Waals surface area contributed by atoms with E-state index in [-0.39, 0.29) is 6.10 Å². The second kappa shape index (κ2) is 10.7. The number of nitrogens with zero attached hydrogens (tertiary/aromatic N) is 3. The first kappa shape index (κ1) is 22.4. The third-order valence-electron chi connectivity index (χ3n) is 5.90. The first-order valence-electron chi connectivity index (χ1n) is 11.6. The minimum Gasteiger partial charge on any atom is -0.493 e. The monoisotopic (exact) mass is 437 g/mol. The molecule has 0 amide bonds. The average molecular weight is 438 g/mol. The fraction of sp³-hybridized carbons (Fsp3) is 0.520. The molecule has 0 spiro atoms. The molecule has 2 aromatic rings. The smallest absolute Gasteiger partial charge is 0.191 e. The van der Waals surface area contributed by atoms with Gasteiger partial charge < -0.3 is 25.0 Å². The highest BCUT2D eigenvalue weighted by molar-refractivity contribution is 5.79. The van der Waals surface area contributed by atoms with Crippen LogP contribution in [0.3, 0.4) is 0 Å². The maximum Gasteiger partial charge on any atom is 0.191 e. The van der Waals surface area contributed by atoms with Gasteiger partial charge in [-0.1, -0.05) is 12.1 Å². The number of morpholine rings is 1. The molecule has 2 N–H and O–H groups in total. The number of anilines is 1. The molecular formula is C25H35N5O2. The van der Waals surface area contributed by atoms with E-state index in [9.17, 15) is 0 Å². The van der Waals surface area contributed by atoms with Gasteiger partial charge in [0.2, 0.25) is 0 Å². The van der Waals surface area contributed by atoms with Gasteiger partial charge in [0, 0.05) is 45.0 Å². The van der Waals surface area contributed by atoms with Crippen LogP contribution in [0.5, 0.6) is 5.75 Å². The van der Waals surface area contributed by atoms with Crippen molar-refractivity contribution in [3.8, 4) is 5.75 Å². The van der Waals surface area contributed by atoms with Crippen LogP contribution in [0.25, 0.3) is 0 Å². The fourth-order valence-electron chi connectivity index (χ4n) is 3.79. The van der Waals surface area contributed by atoms with Gasteiger partial charge >= 0.3 is 0 Å². The van der Waals surface area contributed by atoms with Crippen LogP contribution >= 0.6 is 0 Å². The quantitative estimate of drug-likeness (QED) is 0.488. The molecule has 1 aromatic carbocycles. The van der Waals surface area contributed by atoms with Gasteiger partial charge in [0.1, 0.15) is 11.6 Å². The van der Waals surface area contributed by atoms with Crippen molar-refractivity contribution < 1.29 is 9.47 Å². The standard InChI is InChI=1S/C25H35N5O2/c1-18-4-7-22(23(12-18)32-17-20-5-6-20)15-29-25(26-3)28-14-21-8-9-27-24(13-21)30-10-11-31-19(2)16-30/h4,7-9,12-13,19-20H,5-6,10-11,14-17H2,1-3H3,(H2,26,28,29). The Morgan fingerprint density at radius 2 is 2.06 bits per heavy atom. The summed E-state index contributed by atoms with van der Waals surface area (Å²) in [4.78, 5) is 11.2. The van der Waals surface area contributed by atoms with Gasteiger partial charge in [-0.05, 0) is 61.9 Å². The van der Waals surface area contributed by atoms with E-state index >= 15 is 0 Å². The van der Waals surface area contributed by atoms with Gasteiger partial charge in [-0.3, -0.25) is 4.99 Å². The van der Waals surface area contributed by atoms with Crippen LogP contribution < -0.4 is 20.3 Å². The fourth-order valence-corrected chi connectivity index (χ4v) is 3.79. The minimum atomic E-state index is 0.232. The van der Waals surface area contributed by atoms with Crippen molar-refractivity contribution >= 4 is 11.8 Å². The van der Waals surface area contributed by atoms with Crippen LogP contribution in [0.4, 0.5) is 5.82 Å². The molecule has 0 bridgehead atoms. The Morgan fingerprint density at radius 1 is 1.22 bits per heavy atom. The summed E-state index contributed by atoms with van der Waals surface area (Å²) in [5.41, 5.74) is 3.53. The molecule has 1 unspecified atom stereocenters. The Bertz CT molecular complexity index is 928. The molecule has 1 saturated carbocycles. The largest absolute Gasteiger partial charge is 0.493 e. The summed E-state index contributed by atoms with van der Waals surface area (Å²) < 4.78 is 11.7. The van der Waals surface area contributed by atoms with Crippen LogP contribution in [0.15, 0.2) is 41.5 Å². The number of aryl methyl sites for hydroxylation is 1. The SMILES string of the molecule is CN=C(NCc1ccnc(N2CCOC(C)C2)c1)NCc1ccc(C)cc1OCC1CC1. The Kier molecular flexibility index (Phi) is 7.47. The third-order valence-corrected chi connectivity index (χ3v) is 5.90. The lowest BCUT2D eigenvalue weighted by Gasteiger charge is -2.32. The molecule has 2 heterocycles. The normalized spacial score (nSPS) is 19.0. The summed E-state index contributed by atoms with van der Waals surface area (Å²) in [7, 11) is 1.79. The highest BCUT2D eigenvalue weighted by Crippen LogP contribution is 2.30. The maximum absolute atomic E-state index is 6.09. The minimum absolute atomic E-state index is 0.232. The highest BCUT2D eigenvalue weighted by Gasteiger charge is 2.22. The first-order chi connectivity index (χ1) is 15.6. The van der Waals surface area contributed by atoms with E-state index in [0.717, 1.165) is 55.3 Å². The predicted octanol–water partition coefficient (Wildman–Crippen LogP) is 3.27. The van der Waals surface area contributed by atoms with Gasteiger partial charge in [-0.25, -0.2) is 4.98 Å². The average Bonchev–Trinajstić information content (AvgIpc) is 3.63. The second-order valence-corrected chi connectivity index (χ2v) is 8.79. The molecule has 0 radical (unpaired) electrons. The molecule has 2 fully saturated rings. The van der Waals surface area contributed by atoms with Crippen molar-refractivity contribution in [2.45, 2.75) is 45.9 Å². The molecule has 1 atom stereocenters. The molecular weight excluding hydrogens is 402 g/mol. The number of guanidine groups is 1. The summed E-state index contributed by atoms with van der Waals surface area (Å²) in [5, 5.41) is 6.83. The highest BCUT2D eigenvalue weighted by atomic mass is 16.5. The molecule has 1 aromatic heterocycles. The molecule has 32 heavy (non-hydrogen) atoms. The molecule has 1 aliphatic carbocycles. The zero-order valence-corrected chi connectivity index (χ0v) is 19.4. The second-order valence-electron chi connectivity index (χ2n) is 8.79. The lowest BCUT2D eigenvalue weighted by molar-refractivity contribution is 0.0529. The van der Waals surface area contributed by atoms with Crippen molar-refractivity contribution in [2.24, 2.45) is 10.9 Å². The van der Waals surface area contributed by atoms with Crippen LogP contribution in [0.2, 0.25) is 0 Å². The van der Waals surface area contributed by atoms with E-state index in [4.69, 9.17) is 9.47 Å². The number of ether oxygens (including phenoxy) is 2. The number of hydrogen-bond donors (Lipinski definition) is 2. The Hall–Kier alpha value is -2.80. The molecule has 1 aliphatic heterocycles. The van der Waals surface area contributed by atoms with Gasteiger partial charge in [0.15, 0.2) is 5.96 Å². The zero-order chi connectivity index (χ0) is 22.3. The summed E-state index contributed by atoms with van der Waals surface area (Å²) in [6, 6.07) is 10.6. The summed E-state index contributed by atoms with van der Waals surface area (Å²) in [5.74, 6) is 3.46. The lowest BCUT2D eigenvalue weighted by Crippen LogP contribution is -2.41. The van der Waals surface area contributed by atoms with Crippen LogP contribution in [-0.4, -0.2) is 50.4 Å². The van der Waals surface area contributed by atoms with Gasteiger partial charge in [-0.15, -0.1) is 0 Å². The predicted molar refractivity (Wildman–Crippen MR) is 128 cm³/mol. The Labute approximate surface area is 191 Å². The van der Waals surface area contributed by atoms with E-state index in [2.05, 4.69) is 63.6 Å². The molecule has 2 aliphatic rings. The van der Waals surface area contributed by atoms with E-state index < -0.39 is 0 Å². The van der Waals surface area contributed by atoms with Crippen molar-refractivity contribution in [1.82, 2.24) is 15.6 Å². The number of rotatable bonds is 8. The topological polar surface area (TPSA) is 71.0 Å². The van der Waals surface area contributed by atoms with Crippen molar-refractivity contribution in [1.29, 1.82) is 0 Å². The van der Waals surface area contributed by atoms with Crippen LogP contribution in [-0.2, 0) is 17.8 Å². The Morgan fingerprint density at radius 3 is 2.84 bits per heavy atom. The zero-order valence-electron chi connectivity index (χ0n) is 19.4. The van der Waals surface area contributed by atoms with E-state index in [0.29, 0.717) is 13.1 Å². The van der Waals surface area contributed by atoms with E-state index in [1.54, 1.807) is 7.05 Å². The van der Waals surface area contributed by atoms with Crippen molar-refractivity contribution in [3.05, 3.63) is 53.2 Å². The third kappa shape index (κ3) is 6.36. The molecule has 7 heteroatoms. The van der Waals surface area contributed by atoms with Crippen molar-refractivity contribution in [3.63, 3.8) is 0 Å². The van der Waals surface area contributed by atoms with Gasteiger partial charge in [0.05, 0.1) is 19.3 Å². The number of hydrogen-bond acceptors (Lipinski definition) is 5. The lowest BCUT2D eigenvalue weighted by atomic mass is 10.1. The number of pyridine rings is 1. The Balaban J connectivity index is 1.31. The number of aromatic nitrogens is 1. The summed E-state index contributed by atoms with van der Waals surface area (Å²) in [6.45, 7) is 8.84. The van der Waals surface area contributed by atoms with E-state index in [1.165, 1.54) is 24.0 Å². The van der Waals surface area contributed by atoms with E-state index in [1.807, 2.05) is 12.3 Å². The van der Waals surface area contributed by atoms with Gasteiger partial charge in [0.25, 0.3) is 0 Å².